The maximum atomic E-state index is 12.5. The fraction of sp³-hybridized carbons (Fsp3) is 0.0833. The Morgan fingerprint density at radius 3 is 2.42 bits per heavy atom. The van der Waals surface area contributed by atoms with Crippen LogP contribution in [0.5, 0.6) is 0 Å². The predicted molar refractivity (Wildman–Crippen MR) is 66.4 cm³/mol. The zero-order valence-electron chi connectivity index (χ0n) is 10.4. The van der Waals surface area contributed by atoms with E-state index < -0.39 is 24.6 Å². The van der Waals surface area contributed by atoms with Crippen molar-refractivity contribution >= 4 is 17.9 Å². The van der Waals surface area contributed by atoms with Crippen LogP contribution in [0.1, 0.15) is 0 Å². The van der Waals surface area contributed by atoms with E-state index in [2.05, 4.69) is 6.58 Å². The zero-order valence-corrected chi connectivity index (χ0v) is 13.6. The summed E-state index contributed by atoms with van der Waals surface area (Å²) in [5, 5.41) is 0.722. The van der Waals surface area contributed by atoms with Crippen molar-refractivity contribution < 1.29 is 64.3 Å². The molecular formula is C12H10BF3KNO. The summed E-state index contributed by atoms with van der Waals surface area (Å²) in [5.41, 5.74) is -0.866. The SMILES string of the molecule is C=C(Cn1c(=O)ccc2ccccc21)[B-](F)(F)F.[K+]. The van der Waals surface area contributed by atoms with Gasteiger partial charge in [0.1, 0.15) is 0 Å². The number of halogens is 3. The van der Waals surface area contributed by atoms with E-state index in [1.807, 2.05) is 0 Å². The molecule has 0 aliphatic rings. The minimum atomic E-state index is -5.13. The van der Waals surface area contributed by atoms with Gasteiger partial charge in [-0.15, -0.1) is 12.1 Å². The molecule has 0 spiro atoms. The molecule has 0 radical (unpaired) electrons. The Balaban J connectivity index is 0.00000180. The van der Waals surface area contributed by atoms with Crippen LogP contribution in [0.25, 0.3) is 10.9 Å². The molecule has 0 aliphatic carbocycles. The van der Waals surface area contributed by atoms with Crippen molar-refractivity contribution in [2.24, 2.45) is 0 Å². The van der Waals surface area contributed by atoms with Crippen molar-refractivity contribution in [1.29, 1.82) is 0 Å². The first-order valence-electron chi connectivity index (χ1n) is 5.36. The number of para-hydroxylation sites is 1. The summed E-state index contributed by atoms with van der Waals surface area (Å²) in [6.07, 6.45) is 0. The molecular weight excluding hydrogens is 281 g/mol. The molecule has 0 unspecified atom stereocenters. The average Bonchev–Trinajstić information content (AvgIpc) is 2.31. The van der Waals surface area contributed by atoms with Gasteiger partial charge < -0.3 is 17.5 Å². The summed E-state index contributed by atoms with van der Waals surface area (Å²) >= 11 is 0. The van der Waals surface area contributed by atoms with E-state index >= 15 is 0 Å². The maximum absolute atomic E-state index is 12.5. The molecule has 0 saturated carbocycles. The van der Waals surface area contributed by atoms with Gasteiger partial charge in [0.05, 0.1) is 5.52 Å². The molecule has 2 rings (SSSR count). The average molecular weight is 291 g/mol. The Bertz CT molecular complexity index is 666. The number of allylic oxidation sites excluding steroid dienone is 1. The van der Waals surface area contributed by atoms with Gasteiger partial charge in [0.25, 0.3) is 5.56 Å². The van der Waals surface area contributed by atoms with Crippen LogP contribution in [0.2, 0.25) is 0 Å². The van der Waals surface area contributed by atoms with Crippen molar-refractivity contribution in [3.05, 3.63) is 58.8 Å². The second kappa shape index (κ2) is 6.41. The number of pyridine rings is 1. The van der Waals surface area contributed by atoms with Gasteiger partial charge in [-0.05, 0) is 17.5 Å². The second-order valence-electron chi connectivity index (χ2n) is 4.05. The van der Waals surface area contributed by atoms with Crippen LogP contribution >= 0.6 is 0 Å². The van der Waals surface area contributed by atoms with Gasteiger partial charge in [-0.3, -0.25) is 4.79 Å². The van der Waals surface area contributed by atoms with Crippen molar-refractivity contribution in [3.63, 3.8) is 0 Å². The van der Waals surface area contributed by atoms with E-state index in [1.165, 1.54) is 6.07 Å². The largest absolute Gasteiger partial charge is 1.00 e. The fourth-order valence-corrected chi connectivity index (χ4v) is 1.71. The first-order chi connectivity index (χ1) is 8.39. The number of hydrogen-bond acceptors (Lipinski definition) is 1. The normalized spacial score (nSPS) is 11.1. The summed E-state index contributed by atoms with van der Waals surface area (Å²) in [7, 11) is 0. The van der Waals surface area contributed by atoms with Gasteiger partial charge in [-0.25, -0.2) is 0 Å². The molecule has 0 atom stereocenters. The monoisotopic (exact) mass is 291 g/mol. The molecule has 0 aliphatic heterocycles. The van der Waals surface area contributed by atoms with Crippen LogP contribution in [0.3, 0.4) is 0 Å². The Morgan fingerprint density at radius 1 is 1.16 bits per heavy atom. The molecule has 19 heavy (non-hydrogen) atoms. The molecule has 0 bridgehead atoms. The second-order valence-corrected chi connectivity index (χ2v) is 4.05. The van der Waals surface area contributed by atoms with Crippen LogP contribution < -0.4 is 56.9 Å². The standard InChI is InChI=1S/C12H10BF3NO.K/c1-9(13(14,15)16)8-17-11-5-3-2-4-10(11)6-7-12(17)18;/h2-7H,1,8H2;/q-1;+1. The summed E-state index contributed by atoms with van der Waals surface area (Å²) in [4.78, 5) is 11.7. The third kappa shape index (κ3) is 3.82. The third-order valence-electron chi connectivity index (χ3n) is 2.72. The van der Waals surface area contributed by atoms with Crippen molar-refractivity contribution in [3.8, 4) is 0 Å². The molecule has 0 N–H and O–H groups in total. The van der Waals surface area contributed by atoms with Gasteiger partial charge in [0.2, 0.25) is 0 Å². The van der Waals surface area contributed by atoms with Crippen molar-refractivity contribution in [1.82, 2.24) is 4.57 Å². The van der Waals surface area contributed by atoms with Crippen LogP contribution in [-0.4, -0.2) is 11.5 Å². The summed E-state index contributed by atoms with van der Waals surface area (Å²) < 4.78 is 38.6. The maximum Gasteiger partial charge on any atom is 1.00 e. The molecule has 0 saturated heterocycles. The van der Waals surface area contributed by atoms with E-state index in [-0.39, 0.29) is 51.4 Å². The van der Waals surface area contributed by atoms with Crippen molar-refractivity contribution in [2.75, 3.05) is 0 Å². The molecule has 2 aromatic rings. The van der Waals surface area contributed by atoms with Crippen LogP contribution in [0, 0.1) is 0 Å². The summed E-state index contributed by atoms with van der Waals surface area (Å²) in [5.74, 6) is 0. The molecule has 94 valence electrons. The van der Waals surface area contributed by atoms with E-state index in [9.17, 15) is 17.7 Å². The van der Waals surface area contributed by atoms with Gasteiger partial charge in [0.15, 0.2) is 0 Å². The van der Waals surface area contributed by atoms with Gasteiger partial charge in [-0.1, -0.05) is 18.2 Å². The van der Waals surface area contributed by atoms with Crippen LogP contribution in [-0.2, 0) is 6.54 Å². The fourth-order valence-electron chi connectivity index (χ4n) is 1.71. The number of benzene rings is 1. The summed E-state index contributed by atoms with van der Waals surface area (Å²) in [6.45, 7) is -2.64. The van der Waals surface area contributed by atoms with Gasteiger partial charge >= 0.3 is 58.4 Å². The topological polar surface area (TPSA) is 22.0 Å². The molecule has 1 aromatic carbocycles. The summed E-state index contributed by atoms with van der Waals surface area (Å²) in [6, 6.07) is 9.66. The number of fused-ring (bicyclic) bond motifs is 1. The molecule has 1 heterocycles. The first-order valence-corrected chi connectivity index (χ1v) is 5.36. The molecule has 2 nitrogen and oxygen atoms in total. The van der Waals surface area contributed by atoms with E-state index in [4.69, 9.17) is 0 Å². The Morgan fingerprint density at radius 2 is 1.79 bits per heavy atom. The molecule has 7 heteroatoms. The van der Waals surface area contributed by atoms with Gasteiger partial charge in [-0.2, -0.15) is 0 Å². The van der Waals surface area contributed by atoms with Gasteiger partial charge in [0, 0.05) is 12.6 Å². The minimum absolute atomic E-state index is 0. The quantitative estimate of drug-likeness (QED) is 0.727. The Kier molecular flexibility index (Phi) is 5.64. The predicted octanol–water partition coefficient (Wildman–Crippen LogP) is -0.0517. The van der Waals surface area contributed by atoms with E-state index in [1.54, 1.807) is 30.3 Å². The smallest absolute Gasteiger partial charge is 0.445 e. The minimum Gasteiger partial charge on any atom is -0.445 e. The van der Waals surface area contributed by atoms with Crippen LogP contribution in [0.15, 0.2) is 53.2 Å². The first kappa shape index (κ1) is 16.7. The zero-order chi connectivity index (χ0) is 13.3. The number of aromatic nitrogens is 1. The Labute approximate surface area is 150 Å². The van der Waals surface area contributed by atoms with Crippen molar-refractivity contribution in [2.45, 2.75) is 6.54 Å². The number of hydrogen-bond donors (Lipinski definition) is 0. The van der Waals surface area contributed by atoms with E-state index in [0.717, 1.165) is 9.95 Å². The third-order valence-corrected chi connectivity index (χ3v) is 2.72. The molecule has 0 fully saturated rings. The molecule has 1 aromatic heterocycles. The number of rotatable bonds is 3. The number of nitrogens with zero attached hydrogens (tertiary/aromatic N) is 1. The molecule has 0 amide bonds. The van der Waals surface area contributed by atoms with E-state index in [0.29, 0.717) is 5.52 Å². The van der Waals surface area contributed by atoms with Crippen LogP contribution in [0.4, 0.5) is 12.9 Å². The Hall–Kier alpha value is -0.339.